The molecule has 0 saturated heterocycles. The van der Waals surface area contributed by atoms with Gasteiger partial charge in [0, 0.05) is 17.6 Å². The molecule has 0 fully saturated rings. The molecule has 1 aromatic carbocycles. The average molecular weight is 360 g/mol. The molecule has 0 aliphatic rings. The van der Waals surface area contributed by atoms with Gasteiger partial charge in [-0.1, -0.05) is 35.0 Å². The van der Waals surface area contributed by atoms with E-state index in [-0.39, 0.29) is 17.6 Å². The molecule has 0 spiro atoms. The molecule has 1 N–H and O–H groups in total. The maximum Gasteiger partial charge on any atom is 0.273 e. The summed E-state index contributed by atoms with van der Waals surface area (Å²) in [5, 5.41) is 7.33. The molecule has 1 amide bonds. The summed E-state index contributed by atoms with van der Waals surface area (Å²) in [4.78, 5) is 14.4. The van der Waals surface area contributed by atoms with Crippen molar-refractivity contribution in [3.8, 4) is 11.5 Å². The minimum absolute atomic E-state index is 0.0610. The van der Waals surface area contributed by atoms with E-state index in [0.717, 1.165) is 5.56 Å². The van der Waals surface area contributed by atoms with Gasteiger partial charge in [0.15, 0.2) is 11.5 Å². The number of nitrogens with zero attached hydrogens (tertiary/aromatic N) is 2. The lowest BCUT2D eigenvalue weighted by Crippen LogP contribution is -2.34. The lowest BCUT2D eigenvalue weighted by Gasteiger charge is -2.25. The number of benzene rings is 1. The Morgan fingerprint density at radius 2 is 2.04 bits per heavy atom. The predicted octanol–water partition coefficient (Wildman–Crippen LogP) is 3.62. The van der Waals surface area contributed by atoms with E-state index in [0.29, 0.717) is 23.1 Å². The highest BCUT2D eigenvalue weighted by atomic mass is 35.5. The van der Waals surface area contributed by atoms with Crippen LogP contribution in [0.4, 0.5) is 0 Å². The Balaban J connectivity index is 1.69. The second-order valence-electron chi connectivity index (χ2n) is 5.76. The summed E-state index contributed by atoms with van der Waals surface area (Å²) in [6.07, 6.45) is 1.53. The lowest BCUT2D eigenvalue weighted by molar-refractivity contribution is 0.0933. The molecule has 3 rings (SSSR count). The maximum absolute atomic E-state index is 12.4. The van der Waals surface area contributed by atoms with Crippen LogP contribution in [0.5, 0.6) is 0 Å². The first kappa shape index (κ1) is 17.3. The van der Waals surface area contributed by atoms with Gasteiger partial charge in [-0.05, 0) is 37.9 Å². The van der Waals surface area contributed by atoms with Crippen LogP contribution in [0, 0.1) is 0 Å². The fourth-order valence-corrected chi connectivity index (χ4v) is 2.77. The molecule has 0 aliphatic carbocycles. The predicted molar refractivity (Wildman–Crippen MR) is 94.4 cm³/mol. The Kier molecular flexibility index (Phi) is 5.21. The Hall–Kier alpha value is -2.57. The minimum Gasteiger partial charge on any atom is -0.461 e. The molecule has 2 aromatic heterocycles. The van der Waals surface area contributed by atoms with Gasteiger partial charge in [-0.25, -0.2) is 0 Å². The number of likely N-dealkylation sites (N-methyl/N-ethyl adjacent to an activating group) is 1. The molecule has 1 unspecified atom stereocenters. The van der Waals surface area contributed by atoms with Crippen LogP contribution in [0.3, 0.4) is 0 Å². The summed E-state index contributed by atoms with van der Waals surface area (Å²) in [7, 11) is 3.87. The number of carbonyl (C=O) groups is 1. The zero-order valence-electron chi connectivity index (χ0n) is 13.9. The molecule has 2 heterocycles. The molecule has 7 heteroatoms. The number of rotatable bonds is 6. The molecule has 0 aliphatic heterocycles. The summed E-state index contributed by atoms with van der Waals surface area (Å²) >= 11 is 6.28. The summed E-state index contributed by atoms with van der Waals surface area (Å²) in [5.74, 6) is 0.611. The van der Waals surface area contributed by atoms with E-state index in [1.165, 1.54) is 6.26 Å². The highest BCUT2D eigenvalue weighted by Gasteiger charge is 2.20. The first-order valence-corrected chi connectivity index (χ1v) is 8.13. The van der Waals surface area contributed by atoms with E-state index >= 15 is 0 Å². The Labute approximate surface area is 150 Å². The number of nitrogens with one attached hydrogen (secondary N) is 1. The van der Waals surface area contributed by atoms with Gasteiger partial charge in [0.05, 0.1) is 12.3 Å². The van der Waals surface area contributed by atoms with Crippen molar-refractivity contribution in [2.45, 2.75) is 6.04 Å². The van der Waals surface area contributed by atoms with Crippen LogP contribution in [0.25, 0.3) is 11.5 Å². The van der Waals surface area contributed by atoms with E-state index in [4.69, 9.17) is 20.5 Å². The van der Waals surface area contributed by atoms with Crippen LogP contribution in [0.15, 0.2) is 57.7 Å². The van der Waals surface area contributed by atoms with Crippen molar-refractivity contribution in [2.75, 3.05) is 20.6 Å². The van der Waals surface area contributed by atoms with E-state index in [9.17, 15) is 4.79 Å². The number of carbonyl (C=O) groups excluding carboxylic acids is 1. The smallest absolute Gasteiger partial charge is 0.273 e. The third-order valence-corrected chi connectivity index (χ3v) is 4.19. The largest absolute Gasteiger partial charge is 0.461 e. The van der Waals surface area contributed by atoms with E-state index in [1.54, 1.807) is 18.2 Å². The van der Waals surface area contributed by atoms with Gasteiger partial charge in [-0.2, -0.15) is 0 Å². The molecule has 130 valence electrons. The molecule has 3 aromatic rings. The van der Waals surface area contributed by atoms with Crippen molar-refractivity contribution >= 4 is 17.5 Å². The van der Waals surface area contributed by atoms with Gasteiger partial charge in [0.2, 0.25) is 5.76 Å². The van der Waals surface area contributed by atoms with Crippen LogP contribution in [0.2, 0.25) is 5.02 Å². The van der Waals surface area contributed by atoms with Crippen molar-refractivity contribution in [3.05, 3.63) is 65.0 Å². The fourth-order valence-electron chi connectivity index (χ4n) is 2.51. The monoisotopic (exact) mass is 359 g/mol. The zero-order chi connectivity index (χ0) is 17.8. The standard InChI is InChI=1S/C18H18ClN3O3/c1-22(2)15(12-6-3-4-7-13(12)19)11-20-18(23)14-10-17(25-21-14)16-8-5-9-24-16/h3-10,15H,11H2,1-2H3,(H,20,23). The molecule has 0 bridgehead atoms. The number of furan rings is 1. The molecular formula is C18H18ClN3O3. The third kappa shape index (κ3) is 3.92. The summed E-state index contributed by atoms with van der Waals surface area (Å²) in [5.41, 5.74) is 1.15. The van der Waals surface area contributed by atoms with Crippen LogP contribution >= 0.6 is 11.6 Å². The second kappa shape index (κ2) is 7.55. The molecule has 0 saturated carbocycles. The average Bonchev–Trinajstić information content (AvgIpc) is 3.27. The second-order valence-corrected chi connectivity index (χ2v) is 6.17. The first-order chi connectivity index (χ1) is 12.1. The molecule has 1 atom stereocenters. The number of hydrogen-bond donors (Lipinski definition) is 1. The van der Waals surface area contributed by atoms with Gasteiger partial charge >= 0.3 is 0 Å². The first-order valence-electron chi connectivity index (χ1n) is 7.76. The normalized spacial score (nSPS) is 12.3. The lowest BCUT2D eigenvalue weighted by atomic mass is 10.1. The molecule has 6 nitrogen and oxygen atoms in total. The van der Waals surface area contributed by atoms with E-state index < -0.39 is 0 Å². The SMILES string of the molecule is CN(C)C(CNC(=O)c1cc(-c2ccco2)on1)c1ccccc1Cl. The van der Waals surface area contributed by atoms with Crippen LogP contribution in [0.1, 0.15) is 22.1 Å². The van der Waals surface area contributed by atoms with Crippen LogP contribution < -0.4 is 5.32 Å². The highest BCUT2D eigenvalue weighted by molar-refractivity contribution is 6.31. The maximum atomic E-state index is 12.4. The van der Waals surface area contributed by atoms with Crippen molar-refractivity contribution in [1.82, 2.24) is 15.4 Å². The Bertz CT molecular complexity index is 843. The Morgan fingerprint density at radius 3 is 2.72 bits per heavy atom. The number of halogens is 1. The number of aromatic nitrogens is 1. The van der Waals surface area contributed by atoms with Gasteiger partial charge in [-0.15, -0.1) is 0 Å². The fraction of sp³-hybridized carbons (Fsp3) is 0.222. The topological polar surface area (TPSA) is 71.5 Å². The summed E-state index contributed by atoms with van der Waals surface area (Å²) in [6.45, 7) is 0.387. The van der Waals surface area contributed by atoms with E-state index in [2.05, 4.69) is 10.5 Å². The summed E-state index contributed by atoms with van der Waals surface area (Å²) < 4.78 is 10.4. The van der Waals surface area contributed by atoms with Gasteiger partial charge in [0.25, 0.3) is 5.91 Å². The number of hydrogen-bond acceptors (Lipinski definition) is 5. The molecular weight excluding hydrogens is 342 g/mol. The van der Waals surface area contributed by atoms with Crippen molar-refractivity contribution in [2.24, 2.45) is 0 Å². The van der Waals surface area contributed by atoms with Crippen molar-refractivity contribution in [3.63, 3.8) is 0 Å². The highest BCUT2D eigenvalue weighted by Crippen LogP contribution is 2.25. The third-order valence-electron chi connectivity index (χ3n) is 3.85. The van der Waals surface area contributed by atoms with Crippen LogP contribution in [-0.4, -0.2) is 36.6 Å². The zero-order valence-corrected chi connectivity index (χ0v) is 14.7. The number of amides is 1. The van der Waals surface area contributed by atoms with Crippen molar-refractivity contribution < 1.29 is 13.7 Å². The van der Waals surface area contributed by atoms with Crippen molar-refractivity contribution in [1.29, 1.82) is 0 Å². The molecule has 25 heavy (non-hydrogen) atoms. The van der Waals surface area contributed by atoms with E-state index in [1.807, 2.05) is 43.3 Å². The van der Waals surface area contributed by atoms with Crippen LogP contribution in [-0.2, 0) is 0 Å². The van der Waals surface area contributed by atoms with Gasteiger partial charge in [-0.3, -0.25) is 4.79 Å². The van der Waals surface area contributed by atoms with Gasteiger partial charge < -0.3 is 19.2 Å². The quantitative estimate of drug-likeness (QED) is 0.727. The van der Waals surface area contributed by atoms with Gasteiger partial charge in [0.1, 0.15) is 0 Å². The molecule has 0 radical (unpaired) electrons. The minimum atomic E-state index is -0.319. The summed E-state index contributed by atoms with van der Waals surface area (Å²) in [6, 6.07) is 12.6. The Morgan fingerprint density at radius 1 is 1.24 bits per heavy atom.